The Hall–Kier alpha value is 2.18. The van der Waals surface area contributed by atoms with Crippen LogP contribution in [0.2, 0.25) is 7.86 Å². The molecule has 1 aliphatic heterocycles. The summed E-state index contributed by atoms with van der Waals surface area (Å²) < 4.78 is 8.63. The van der Waals surface area contributed by atoms with Gasteiger partial charge in [-0.05, 0) is 0 Å². The van der Waals surface area contributed by atoms with E-state index < -0.39 is 0 Å². The predicted octanol–water partition coefficient (Wildman–Crippen LogP) is 1.42. The first-order valence-corrected chi connectivity index (χ1v) is 12.6. The van der Waals surface area contributed by atoms with Crippen molar-refractivity contribution in [3.8, 4) is 0 Å². The van der Waals surface area contributed by atoms with E-state index in [1.165, 1.54) is 19.4 Å². The van der Waals surface area contributed by atoms with Gasteiger partial charge in [-0.25, -0.2) is 0 Å². The summed E-state index contributed by atoms with van der Waals surface area (Å²) in [6, 6.07) is 0. The van der Waals surface area contributed by atoms with Crippen LogP contribution in [0.15, 0.2) is 0 Å². The van der Waals surface area contributed by atoms with Crippen molar-refractivity contribution in [1.29, 1.82) is 0 Å². The van der Waals surface area contributed by atoms with Gasteiger partial charge in [-0.2, -0.15) is 0 Å². The zero-order valence-electron chi connectivity index (χ0n) is 6.21. The molecule has 1 aliphatic rings. The normalized spacial score (nSPS) is 34.4. The first-order valence-electron chi connectivity index (χ1n) is 3.68. The van der Waals surface area contributed by atoms with Gasteiger partial charge in [-0.1, -0.05) is 0 Å². The van der Waals surface area contributed by atoms with Crippen LogP contribution in [0.4, 0.5) is 0 Å². The zero-order chi connectivity index (χ0) is 7.40. The second kappa shape index (κ2) is 5.76. The molecular weight excluding hydrogens is 521 g/mol. The molecule has 1 nitrogen and oxygen atoms in total. The average molecular weight is 531 g/mol. The molecule has 4 heteroatoms. The standard InChI is InChI=1S/C6H10OS.2Hg/c1-5-3-8-4-6(2)7-5;;/h5-6H,1-4H2;;. The van der Waals surface area contributed by atoms with E-state index in [0.717, 1.165) is 52.2 Å². The SMILES string of the molecule is [Hg][CH2]C1CSCC([CH2][Hg])O1. The minimum absolute atomic E-state index is 0.649. The number of hydrogen-bond acceptors (Lipinski definition) is 2. The molecular formula is C6H10Hg2OS. The number of thioether (sulfide) groups is 1. The number of hydrogen-bond donors (Lipinski definition) is 0. The van der Waals surface area contributed by atoms with Gasteiger partial charge in [0, 0.05) is 0 Å². The molecule has 0 aromatic rings. The van der Waals surface area contributed by atoms with Gasteiger partial charge in [0.15, 0.2) is 0 Å². The van der Waals surface area contributed by atoms with Crippen molar-refractivity contribution < 1.29 is 57.0 Å². The van der Waals surface area contributed by atoms with Gasteiger partial charge in [0.1, 0.15) is 0 Å². The van der Waals surface area contributed by atoms with E-state index in [0.29, 0.717) is 12.2 Å². The molecule has 0 spiro atoms. The molecule has 0 aliphatic carbocycles. The summed E-state index contributed by atoms with van der Waals surface area (Å²) >= 11 is 3.97. The average Bonchev–Trinajstić information content (AvgIpc) is 2.05. The number of ether oxygens (including phenoxy) is 1. The molecule has 0 N–H and O–H groups in total. The van der Waals surface area contributed by atoms with Gasteiger partial charge < -0.3 is 0 Å². The van der Waals surface area contributed by atoms with Crippen molar-refractivity contribution in [3.63, 3.8) is 0 Å². The van der Waals surface area contributed by atoms with Crippen LogP contribution >= 0.6 is 11.8 Å². The summed E-state index contributed by atoms with van der Waals surface area (Å²) in [6.07, 6.45) is 1.30. The monoisotopic (exact) mass is 534 g/mol. The van der Waals surface area contributed by atoms with Crippen LogP contribution in [0.3, 0.4) is 0 Å². The van der Waals surface area contributed by atoms with E-state index in [1.54, 1.807) is 0 Å². The van der Waals surface area contributed by atoms with Crippen LogP contribution in [0.1, 0.15) is 0 Å². The quantitative estimate of drug-likeness (QED) is 0.499. The van der Waals surface area contributed by atoms with Crippen LogP contribution in [0.25, 0.3) is 0 Å². The maximum absolute atomic E-state index is 5.86. The van der Waals surface area contributed by atoms with E-state index in [1.807, 2.05) is 0 Å². The van der Waals surface area contributed by atoms with Crippen molar-refractivity contribution >= 4 is 11.8 Å². The Morgan fingerprint density at radius 2 is 1.70 bits per heavy atom. The van der Waals surface area contributed by atoms with Gasteiger partial charge >= 0.3 is 100 Å². The van der Waals surface area contributed by atoms with Crippen LogP contribution in [-0.4, -0.2) is 23.7 Å². The molecule has 0 saturated carbocycles. The fourth-order valence-corrected chi connectivity index (χ4v) is 7.08. The van der Waals surface area contributed by atoms with Crippen LogP contribution in [0, 0.1) is 0 Å². The topological polar surface area (TPSA) is 9.23 Å². The van der Waals surface area contributed by atoms with Crippen LogP contribution in [0.5, 0.6) is 0 Å². The summed E-state index contributed by atoms with van der Waals surface area (Å²) in [5.41, 5.74) is 0. The van der Waals surface area contributed by atoms with E-state index in [-0.39, 0.29) is 0 Å². The van der Waals surface area contributed by atoms with Crippen LogP contribution < -0.4 is 0 Å². The molecule has 1 heterocycles. The molecule has 0 bridgehead atoms. The van der Waals surface area contributed by atoms with Crippen molar-refractivity contribution in [1.82, 2.24) is 0 Å². The van der Waals surface area contributed by atoms with Gasteiger partial charge in [-0.3, -0.25) is 0 Å². The predicted molar refractivity (Wildman–Crippen MR) is 35.6 cm³/mol. The fraction of sp³-hybridized carbons (Fsp3) is 1.00. The second-order valence-electron chi connectivity index (χ2n) is 2.49. The van der Waals surface area contributed by atoms with Crippen molar-refractivity contribution in [3.05, 3.63) is 0 Å². The van der Waals surface area contributed by atoms with Crippen molar-refractivity contribution in [2.24, 2.45) is 0 Å². The Bertz CT molecular complexity index is 91.7. The molecule has 2 atom stereocenters. The molecule has 1 saturated heterocycles. The summed E-state index contributed by atoms with van der Waals surface area (Å²) in [7, 11) is 0. The van der Waals surface area contributed by atoms with Gasteiger partial charge in [0.2, 0.25) is 0 Å². The molecule has 10 heavy (non-hydrogen) atoms. The summed E-state index contributed by atoms with van der Waals surface area (Å²) in [6.45, 7) is 0. The van der Waals surface area contributed by atoms with E-state index in [9.17, 15) is 0 Å². The number of rotatable bonds is 2. The molecule has 50 valence electrons. The first-order chi connectivity index (χ1) is 4.86. The van der Waals surface area contributed by atoms with E-state index in [2.05, 4.69) is 11.8 Å². The first kappa shape index (κ1) is 10.3. The van der Waals surface area contributed by atoms with Gasteiger partial charge in [0.25, 0.3) is 0 Å². The summed E-state index contributed by atoms with van der Waals surface area (Å²) in [5, 5.41) is 0. The van der Waals surface area contributed by atoms with E-state index in [4.69, 9.17) is 4.74 Å². The third kappa shape index (κ3) is 3.28. The Morgan fingerprint density at radius 1 is 1.20 bits per heavy atom. The Balaban J connectivity index is 2.25. The Morgan fingerprint density at radius 3 is 2.10 bits per heavy atom. The van der Waals surface area contributed by atoms with Crippen molar-refractivity contribution in [2.45, 2.75) is 20.1 Å². The molecule has 0 radical (unpaired) electrons. The van der Waals surface area contributed by atoms with Gasteiger partial charge in [0.05, 0.1) is 0 Å². The minimum atomic E-state index is 0.649. The summed E-state index contributed by atoms with van der Waals surface area (Å²) in [5.74, 6) is 2.54. The van der Waals surface area contributed by atoms with Crippen LogP contribution in [-0.2, 0) is 57.0 Å². The fourth-order valence-electron chi connectivity index (χ4n) is 0.984. The van der Waals surface area contributed by atoms with E-state index >= 15 is 0 Å². The third-order valence-electron chi connectivity index (χ3n) is 1.64. The molecule has 1 rings (SSSR count). The molecule has 0 aromatic carbocycles. The van der Waals surface area contributed by atoms with Crippen molar-refractivity contribution in [2.75, 3.05) is 11.5 Å². The maximum atomic E-state index is 5.86. The zero-order valence-corrected chi connectivity index (χ0v) is 18.0. The third-order valence-corrected chi connectivity index (χ3v) is 7.86. The summed E-state index contributed by atoms with van der Waals surface area (Å²) in [4.78, 5) is 0. The molecule has 0 aromatic heterocycles. The molecule has 2 unspecified atom stereocenters. The molecule has 1 fully saturated rings. The molecule has 0 amide bonds. The Kier molecular flexibility index (Phi) is 5.91. The van der Waals surface area contributed by atoms with Gasteiger partial charge in [-0.15, -0.1) is 0 Å². The Labute approximate surface area is 99.0 Å². The second-order valence-corrected chi connectivity index (χ2v) is 8.06.